The van der Waals surface area contributed by atoms with Crippen molar-refractivity contribution in [2.75, 3.05) is 0 Å². The third kappa shape index (κ3) is 9.69. The second-order valence-electron chi connectivity index (χ2n) is 5.66. The van der Waals surface area contributed by atoms with Gasteiger partial charge in [-0.3, -0.25) is 0 Å². The van der Waals surface area contributed by atoms with Crippen molar-refractivity contribution < 1.29 is 20.6 Å². The molecule has 0 aromatic heterocycles. The Balaban J connectivity index is 4.60. The molecule has 0 aromatic rings. The van der Waals surface area contributed by atoms with Crippen LogP contribution >= 0.6 is 0 Å². The molecule has 0 saturated carbocycles. The summed E-state index contributed by atoms with van der Waals surface area (Å²) < 4.78 is 29.7. The van der Waals surface area contributed by atoms with E-state index in [1.807, 2.05) is 26.2 Å². The van der Waals surface area contributed by atoms with E-state index in [9.17, 15) is 0 Å². The molecule has 5 nitrogen and oxygen atoms in total. The highest BCUT2D eigenvalue weighted by atomic mass is 28.5. The summed E-state index contributed by atoms with van der Waals surface area (Å²) in [6.45, 7) is 16.3. The fourth-order valence-electron chi connectivity index (χ4n) is 2.04. The number of hydrogen-bond donors (Lipinski definition) is 0. The minimum absolute atomic E-state index is 0.224. The lowest BCUT2D eigenvalue weighted by Crippen LogP contribution is -2.55. The van der Waals surface area contributed by atoms with Gasteiger partial charge >= 0.3 is 35.0 Å². The van der Waals surface area contributed by atoms with E-state index in [1.165, 1.54) is 0 Å². The summed E-state index contributed by atoms with van der Waals surface area (Å²) in [7, 11) is -7.60. The van der Waals surface area contributed by atoms with Crippen LogP contribution in [0.1, 0.15) is 0 Å². The molecular weight excluding hydrogens is 357 g/mol. The second-order valence-corrected chi connectivity index (χ2v) is 20.2. The largest absolute Gasteiger partial charge is 0.587 e. The smallest absolute Gasteiger partial charge is 0.356 e. The Hall–Kier alpha value is 0.811. The van der Waals surface area contributed by atoms with Gasteiger partial charge in [0.05, 0.1) is 0 Å². The zero-order valence-electron chi connectivity index (χ0n) is 13.8. The molecule has 0 aliphatic rings. The molecule has 0 aromatic carbocycles. The summed E-state index contributed by atoms with van der Waals surface area (Å²) >= 11 is 0. The average molecular weight is 384 g/mol. The van der Waals surface area contributed by atoms with Gasteiger partial charge in [0.25, 0.3) is 9.38 Å². The highest BCUT2D eigenvalue weighted by Crippen LogP contribution is 2.22. The molecule has 0 bridgehead atoms. The fourth-order valence-corrected chi connectivity index (χ4v) is 19.9. The first kappa shape index (κ1) is 20.8. The lowest BCUT2D eigenvalue weighted by molar-refractivity contribution is 0.295. The van der Waals surface area contributed by atoms with E-state index in [2.05, 4.69) is 32.4 Å². The van der Waals surface area contributed by atoms with Gasteiger partial charge in [0, 0.05) is 0 Å². The number of rotatable bonds is 10. The van der Waals surface area contributed by atoms with Crippen molar-refractivity contribution in [2.24, 2.45) is 0 Å². The fraction of sp³-hybridized carbons (Fsp3) is 0.889. The van der Waals surface area contributed by atoms with Gasteiger partial charge in [-0.1, -0.05) is 6.17 Å². The van der Waals surface area contributed by atoms with Gasteiger partial charge in [0.1, 0.15) is 0 Å². The molecule has 3 radical (unpaired) electrons. The molecule has 0 saturated heterocycles. The van der Waals surface area contributed by atoms with Gasteiger partial charge in [-0.15, -0.1) is 0 Å². The molecule has 0 rings (SSSR count). The van der Waals surface area contributed by atoms with Crippen LogP contribution < -0.4 is 0 Å². The van der Waals surface area contributed by atoms with Crippen molar-refractivity contribution in [1.82, 2.24) is 0 Å². The zero-order valence-corrected chi connectivity index (χ0v) is 20.0. The number of hydrogen-bond acceptors (Lipinski definition) is 5. The molecule has 1 unspecified atom stereocenters. The van der Waals surface area contributed by atoms with Gasteiger partial charge in [-0.25, -0.2) is 0 Å². The summed E-state index contributed by atoms with van der Waals surface area (Å²) in [6.07, 6.45) is 3.71. The van der Waals surface area contributed by atoms with E-state index in [4.69, 9.17) is 20.6 Å². The molecular formula is C9H27O5Si6. The highest BCUT2D eigenvalue weighted by Gasteiger charge is 2.42. The predicted octanol–water partition coefficient (Wildman–Crippen LogP) is 1.74. The van der Waals surface area contributed by atoms with Crippen molar-refractivity contribution in [3.63, 3.8) is 0 Å². The van der Waals surface area contributed by atoms with Crippen molar-refractivity contribution in [3.8, 4) is 0 Å². The minimum Gasteiger partial charge on any atom is -0.587 e. The molecule has 0 spiro atoms. The van der Waals surface area contributed by atoms with Crippen LogP contribution in [0.25, 0.3) is 0 Å². The Kier molecular flexibility index (Phi) is 8.79. The molecule has 20 heavy (non-hydrogen) atoms. The van der Waals surface area contributed by atoms with E-state index in [-0.39, 0.29) is 9.38 Å². The maximum Gasteiger partial charge on any atom is 0.356 e. The van der Waals surface area contributed by atoms with Crippen molar-refractivity contribution in [1.29, 1.82) is 0 Å². The summed E-state index contributed by atoms with van der Waals surface area (Å²) in [5.41, 5.74) is 0. The van der Waals surface area contributed by atoms with Gasteiger partial charge in [0.2, 0.25) is 9.76 Å². The Morgan fingerprint density at radius 1 is 0.900 bits per heavy atom. The Morgan fingerprint density at radius 3 is 1.85 bits per heavy atom. The Labute approximate surface area is 133 Å². The minimum atomic E-state index is -2.27. The zero-order chi connectivity index (χ0) is 16.0. The van der Waals surface area contributed by atoms with E-state index < -0.39 is 35.0 Å². The standard InChI is InChI=1S/C9H27O5Si6/c1-15-10-17(3)12-19(6,7)14-20(8,9)13-18(4,5)11-16-2/h17H,1H2,2-9H3. The molecule has 11 heteroatoms. The SMILES string of the molecule is C=[Si]O[SiH](C)O[Si](C)(C)O[Si](C)(C)O[Si](C)(C)O[Si]C. The van der Waals surface area contributed by atoms with Gasteiger partial charge in [-0.05, 0) is 52.4 Å². The average Bonchev–Trinajstić information content (AvgIpc) is 2.11. The molecule has 0 fully saturated rings. The quantitative estimate of drug-likeness (QED) is 0.538. The lowest BCUT2D eigenvalue weighted by atomic mass is 11.9. The van der Waals surface area contributed by atoms with Crippen LogP contribution in [-0.4, -0.2) is 60.3 Å². The first-order valence-electron chi connectivity index (χ1n) is 6.54. The summed E-state index contributed by atoms with van der Waals surface area (Å²) in [6, 6.07) is 0. The Bertz CT molecular complexity index is 311. The molecule has 0 aliphatic carbocycles. The van der Waals surface area contributed by atoms with Crippen molar-refractivity contribution >= 4 is 60.3 Å². The van der Waals surface area contributed by atoms with Gasteiger partial charge in [-0.2, -0.15) is 0 Å². The second kappa shape index (κ2) is 8.45. The predicted molar refractivity (Wildman–Crippen MR) is 95.4 cm³/mol. The van der Waals surface area contributed by atoms with Crippen LogP contribution in [0.2, 0.25) is 52.4 Å². The topological polar surface area (TPSA) is 46.2 Å². The summed E-state index contributed by atoms with van der Waals surface area (Å²) in [5, 5.41) is 0. The first-order valence-corrected chi connectivity index (χ1v) is 19.6. The Morgan fingerprint density at radius 2 is 1.40 bits per heavy atom. The van der Waals surface area contributed by atoms with Crippen LogP contribution in [0.3, 0.4) is 0 Å². The van der Waals surface area contributed by atoms with E-state index >= 15 is 0 Å². The molecule has 0 amide bonds. The molecule has 0 aliphatic heterocycles. The first-order chi connectivity index (χ1) is 8.93. The van der Waals surface area contributed by atoms with Crippen LogP contribution in [0.4, 0.5) is 0 Å². The lowest BCUT2D eigenvalue weighted by Gasteiger charge is -2.38. The normalized spacial score (nSPS) is 15.0. The maximum atomic E-state index is 6.25. The van der Waals surface area contributed by atoms with E-state index in [0.29, 0.717) is 9.76 Å². The summed E-state index contributed by atoms with van der Waals surface area (Å²) in [5.74, 6) is 0. The molecule has 0 heterocycles. The molecule has 117 valence electrons. The monoisotopic (exact) mass is 383 g/mol. The van der Waals surface area contributed by atoms with Crippen molar-refractivity contribution in [3.05, 3.63) is 0 Å². The van der Waals surface area contributed by atoms with Crippen LogP contribution in [-0.2, 0) is 20.6 Å². The van der Waals surface area contributed by atoms with E-state index in [1.54, 1.807) is 0 Å². The van der Waals surface area contributed by atoms with Crippen molar-refractivity contribution in [2.45, 2.75) is 52.4 Å². The van der Waals surface area contributed by atoms with Gasteiger partial charge in [0.15, 0.2) is 0 Å². The highest BCUT2D eigenvalue weighted by molar-refractivity contribution is 6.86. The molecule has 0 N–H and O–H groups in total. The van der Waals surface area contributed by atoms with Crippen LogP contribution in [0.15, 0.2) is 0 Å². The van der Waals surface area contributed by atoms with Gasteiger partial charge < -0.3 is 20.6 Å². The third-order valence-electron chi connectivity index (χ3n) is 2.03. The van der Waals surface area contributed by atoms with E-state index in [0.717, 1.165) is 0 Å². The maximum absolute atomic E-state index is 6.25. The molecule has 1 atom stereocenters. The van der Waals surface area contributed by atoms with Crippen LogP contribution in [0.5, 0.6) is 0 Å². The third-order valence-corrected chi connectivity index (χ3v) is 18.3. The van der Waals surface area contributed by atoms with Crippen LogP contribution in [0, 0.1) is 0 Å². The summed E-state index contributed by atoms with van der Waals surface area (Å²) in [4.78, 5) is 0.